The number of halogens is 2. The normalized spacial score (nSPS) is 12.6. The van der Waals surface area contributed by atoms with Gasteiger partial charge in [-0.15, -0.1) is 0 Å². The predicted molar refractivity (Wildman–Crippen MR) is 79.9 cm³/mol. The van der Waals surface area contributed by atoms with Crippen LogP contribution in [0.5, 0.6) is 0 Å². The predicted octanol–water partition coefficient (Wildman–Crippen LogP) is 4.22. The van der Waals surface area contributed by atoms with Crippen LogP contribution in [0, 0.1) is 5.82 Å². The Hall–Kier alpha value is -1.78. The lowest BCUT2D eigenvalue weighted by molar-refractivity contribution is 0.216. The molecule has 0 radical (unpaired) electrons. The lowest BCUT2D eigenvalue weighted by Crippen LogP contribution is -2.03. The number of hydrogen-bond donors (Lipinski definition) is 1. The number of nitrogens with zero attached hydrogens (tertiary/aromatic N) is 1. The molecule has 0 aliphatic carbocycles. The fraction of sp³-hybridized carbons (Fsp3) is 0.0625. The Labute approximate surface area is 124 Å². The number of aliphatic hydroxyl groups excluding tert-OH is 1. The van der Waals surface area contributed by atoms with Gasteiger partial charge < -0.3 is 5.11 Å². The quantitative estimate of drug-likeness (QED) is 0.762. The molecule has 3 rings (SSSR count). The highest BCUT2D eigenvalue weighted by molar-refractivity contribution is 9.10. The molecular weight excluding hydrogens is 321 g/mol. The molecule has 0 saturated heterocycles. The van der Waals surface area contributed by atoms with Gasteiger partial charge >= 0.3 is 0 Å². The van der Waals surface area contributed by atoms with E-state index in [0.29, 0.717) is 5.56 Å². The molecule has 100 valence electrons. The van der Waals surface area contributed by atoms with Crippen LogP contribution in [0.4, 0.5) is 4.39 Å². The van der Waals surface area contributed by atoms with E-state index >= 15 is 0 Å². The Morgan fingerprint density at radius 2 is 1.90 bits per heavy atom. The summed E-state index contributed by atoms with van der Waals surface area (Å²) >= 11 is 3.30. The highest BCUT2D eigenvalue weighted by atomic mass is 79.9. The van der Waals surface area contributed by atoms with E-state index in [-0.39, 0.29) is 5.56 Å². The van der Waals surface area contributed by atoms with E-state index in [0.717, 1.165) is 15.4 Å². The summed E-state index contributed by atoms with van der Waals surface area (Å²) in [7, 11) is 0. The molecule has 2 nitrogen and oxygen atoms in total. The van der Waals surface area contributed by atoms with Crippen molar-refractivity contribution in [1.29, 1.82) is 0 Å². The Kier molecular flexibility index (Phi) is 3.51. The van der Waals surface area contributed by atoms with Gasteiger partial charge in [-0.3, -0.25) is 4.98 Å². The molecule has 4 heteroatoms. The van der Waals surface area contributed by atoms with Gasteiger partial charge in [-0.25, -0.2) is 4.39 Å². The molecule has 2 aromatic carbocycles. The lowest BCUT2D eigenvalue weighted by Gasteiger charge is -2.15. The lowest BCUT2D eigenvalue weighted by atomic mass is 9.97. The topological polar surface area (TPSA) is 33.1 Å². The van der Waals surface area contributed by atoms with Crippen molar-refractivity contribution in [2.75, 3.05) is 0 Å². The number of pyridine rings is 1. The number of aromatic nitrogens is 1. The third-order valence-corrected chi connectivity index (χ3v) is 3.72. The smallest absolute Gasteiger partial charge is 0.129 e. The first-order valence-corrected chi connectivity index (χ1v) is 6.93. The van der Waals surface area contributed by atoms with Crippen molar-refractivity contribution in [3.8, 4) is 0 Å². The second-order valence-electron chi connectivity index (χ2n) is 4.49. The van der Waals surface area contributed by atoms with Gasteiger partial charge in [0.1, 0.15) is 11.9 Å². The fourth-order valence-electron chi connectivity index (χ4n) is 2.26. The first kappa shape index (κ1) is 13.2. The van der Waals surface area contributed by atoms with Crippen molar-refractivity contribution in [3.63, 3.8) is 0 Å². The number of fused-ring (bicyclic) bond motifs is 1. The average Bonchev–Trinajstić information content (AvgIpc) is 2.48. The summed E-state index contributed by atoms with van der Waals surface area (Å²) in [5.74, 6) is -0.429. The monoisotopic (exact) mass is 331 g/mol. The summed E-state index contributed by atoms with van der Waals surface area (Å²) in [5.41, 5.74) is 1.67. The highest BCUT2D eigenvalue weighted by Crippen LogP contribution is 2.30. The summed E-state index contributed by atoms with van der Waals surface area (Å²) in [5, 5.41) is 11.3. The number of benzene rings is 2. The second-order valence-corrected chi connectivity index (χ2v) is 5.40. The van der Waals surface area contributed by atoms with Gasteiger partial charge in [0.15, 0.2) is 0 Å². The Morgan fingerprint density at radius 3 is 2.75 bits per heavy atom. The maximum Gasteiger partial charge on any atom is 0.129 e. The Balaban J connectivity index is 2.17. The van der Waals surface area contributed by atoms with E-state index in [9.17, 15) is 9.50 Å². The van der Waals surface area contributed by atoms with Crippen LogP contribution in [-0.4, -0.2) is 10.1 Å². The summed E-state index contributed by atoms with van der Waals surface area (Å²) in [6.45, 7) is 0. The molecule has 1 atom stereocenters. The van der Waals surface area contributed by atoms with E-state index < -0.39 is 11.9 Å². The SMILES string of the molecule is OC(c1cc(Br)ccc1F)c1cccc2ncccc12. The average molecular weight is 332 g/mol. The van der Waals surface area contributed by atoms with Gasteiger partial charge in [-0.2, -0.15) is 0 Å². The molecule has 20 heavy (non-hydrogen) atoms. The van der Waals surface area contributed by atoms with Gasteiger partial charge in [0.05, 0.1) is 5.52 Å². The van der Waals surface area contributed by atoms with Crippen LogP contribution in [-0.2, 0) is 0 Å². The minimum absolute atomic E-state index is 0.246. The van der Waals surface area contributed by atoms with E-state index in [2.05, 4.69) is 20.9 Å². The molecule has 0 spiro atoms. The van der Waals surface area contributed by atoms with Crippen LogP contribution in [0.3, 0.4) is 0 Å². The zero-order valence-electron chi connectivity index (χ0n) is 10.4. The standard InChI is InChI=1S/C16H11BrFNO/c17-10-6-7-14(18)13(9-10)16(20)12-3-1-5-15-11(12)4-2-8-19-15/h1-9,16,20H. The van der Waals surface area contributed by atoms with Crippen LogP contribution in [0.2, 0.25) is 0 Å². The number of rotatable bonds is 2. The molecule has 0 saturated carbocycles. The maximum atomic E-state index is 13.9. The Bertz CT molecular complexity index is 770. The Morgan fingerprint density at radius 1 is 1.05 bits per heavy atom. The van der Waals surface area contributed by atoms with Crippen molar-refractivity contribution in [3.05, 3.63) is 76.1 Å². The molecule has 1 aromatic heterocycles. The molecule has 0 fully saturated rings. The van der Waals surface area contributed by atoms with Gasteiger partial charge in [-0.05, 0) is 35.9 Å². The van der Waals surface area contributed by atoms with Crippen LogP contribution in [0.1, 0.15) is 17.2 Å². The number of aliphatic hydroxyl groups is 1. The molecular formula is C16H11BrFNO. The minimum Gasteiger partial charge on any atom is -0.384 e. The van der Waals surface area contributed by atoms with E-state index in [1.54, 1.807) is 30.5 Å². The van der Waals surface area contributed by atoms with Gasteiger partial charge in [0, 0.05) is 21.6 Å². The molecule has 0 bridgehead atoms. The third kappa shape index (κ3) is 2.32. The summed E-state index contributed by atoms with van der Waals surface area (Å²) in [6, 6.07) is 13.7. The molecule has 1 heterocycles. The van der Waals surface area contributed by atoms with Gasteiger partial charge in [-0.1, -0.05) is 34.1 Å². The first-order valence-electron chi connectivity index (χ1n) is 6.13. The van der Waals surface area contributed by atoms with Crippen molar-refractivity contribution >= 4 is 26.8 Å². The molecule has 0 aliphatic heterocycles. The van der Waals surface area contributed by atoms with E-state index in [1.165, 1.54) is 6.07 Å². The van der Waals surface area contributed by atoms with Crippen molar-refractivity contribution in [2.45, 2.75) is 6.10 Å². The second kappa shape index (κ2) is 5.31. The number of hydrogen-bond acceptors (Lipinski definition) is 2. The summed E-state index contributed by atoms with van der Waals surface area (Å²) in [6.07, 6.45) is 0.665. The first-order chi connectivity index (χ1) is 9.66. The van der Waals surface area contributed by atoms with Gasteiger partial charge in [0.2, 0.25) is 0 Å². The van der Waals surface area contributed by atoms with E-state index in [1.807, 2.05) is 18.2 Å². The maximum absolute atomic E-state index is 13.9. The highest BCUT2D eigenvalue weighted by Gasteiger charge is 2.17. The summed E-state index contributed by atoms with van der Waals surface area (Å²) < 4.78 is 14.6. The van der Waals surface area contributed by atoms with Crippen LogP contribution in [0.25, 0.3) is 10.9 Å². The zero-order chi connectivity index (χ0) is 14.1. The van der Waals surface area contributed by atoms with E-state index in [4.69, 9.17) is 0 Å². The minimum atomic E-state index is -1.03. The zero-order valence-corrected chi connectivity index (χ0v) is 12.0. The molecule has 0 amide bonds. The molecule has 3 aromatic rings. The third-order valence-electron chi connectivity index (χ3n) is 3.23. The fourth-order valence-corrected chi connectivity index (χ4v) is 2.64. The van der Waals surface area contributed by atoms with Gasteiger partial charge in [0.25, 0.3) is 0 Å². The van der Waals surface area contributed by atoms with Crippen LogP contribution < -0.4 is 0 Å². The van der Waals surface area contributed by atoms with Crippen molar-refractivity contribution < 1.29 is 9.50 Å². The van der Waals surface area contributed by atoms with Crippen molar-refractivity contribution in [1.82, 2.24) is 4.98 Å². The summed E-state index contributed by atoms with van der Waals surface area (Å²) in [4.78, 5) is 4.24. The molecule has 0 aliphatic rings. The molecule has 1 unspecified atom stereocenters. The molecule has 1 N–H and O–H groups in total. The van der Waals surface area contributed by atoms with Crippen molar-refractivity contribution in [2.24, 2.45) is 0 Å². The van der Waals surface area contributed by atoms with Crippen LogP contribution in [0.15, 0.2) is 59.2 Å². The largest absolute Gasteiger partial charge is 0.384 e. The van der Waals surface area contributed by atoms with Crippen LogP contribution >= 0.6 is 15.9 Å².